The van der Waals surface area contributed by atoms with E-state index >= 15 is 0 Å². The fourth-order valence-corrected chi connectivity index (χ4v) is 4.28. The first kappa shape index (κ1) is 18.4. The zero-order chi connectivity index (χ0) is 17.8. The molecular weight excluding hydrogens is 322 g/mol. The van der Waals surface area contributed by atoms with Gasteiger partial charge in [-0.3, -0.25) is 0 Å². The van der Waals surface area contributed by atoms with Gasteiger partial charge in [0.1, 0.15) is 0 Å². The van der Waals surface area contributed by atoms with Crippen LogP contribution in [0, 0.1) is 23.5 Å². The Morgan fingerprint density at radius 1 is 1.12 bits per heavy atom. The lowest BCUT2D eigenvalue weighted by Gasteiger charge is -2.37. The van der Waals surface area contributed by atoms with Gasteiger partial charge in [-0.15, -0.1) is 6.58 Å². The highest BCUT2D eigenvalue weighted by Gasteiger charge is 2.32. The first-order valence-electron chi connectivity index (χ1n) is 9.48. The van der Waals surface area contributed by atoms with Gasteiger partial charge in [0.15, 0.2) is 11.6 Å². The van der Waals surface area contributed by atoms with Crippen molar-refractivity contribution in [2.45, 2.75) is 57.5 Å². The lowest BCUT2D eigenvalue weighted by Crippen LogP contribution is -2.33. The molecule has 2 atom stereocenters. The lowest BCUT2D eigenvalue weighted by molar-refractivity contribution is -0.0470. The standard InChI is InChI=1S/C21H28F2O2/c1-3-14-5-11-18(25-13-14)16-8-6-15(7-9-16)17-10-12-19(24-4-2)21(23)20(17)22/h3,10,12,14-16,18H,1,4-9,11,13H2,2H3. The molecule has 1 aliphatic carbocycles. The van der Waals surface area contributed by atoms with Crippen molar-refractivity contribution >= 4 is 0 Å². The summed E-state index contributed by atoms with van der Waals surface area (Å²) in [5.41, 5.74) is 0.496. The maximum absolute atomic E-state index is 14.4. The summed E-state index contributed by atoms with van der Waals surface area (Å²) in [6.45, 7) is 6.70. The summed E-state index contributed by atoms with van der Waals surface area (Å²) in [6, 6.07) is 3.25. The zero-order valence-electron chi connectivity index (χ0n) is 15.0. The molecule has 1 aromatic rings. The van der Waals surface area contributed by atoms with Crippen LogP contribution in [0.4, 0.5) is 8.78 Å². The molecule has 25 heavy (non-hydrogen) atoms. The fourth-order valence-electron chi connectivity index (χ4n) is 4.28. The molecule has 2 unspecified atom stereocenters. The molecule has 1 saturated heterocycles. The highest BCUT2D eigenvalue weighted by molar-refractivity contribution is 5.33. The molecule has 2 aliphatic rings. The number of benzene rings is 1. The molecule has 1 saturated carbocycles. The quantitative estimate of drug-likeness (QED) is 0.642. The molecule has 2 fully saturated rings. The second-order valence-electron chi connectivity index (χ2n) is 7.27. The Bertz CT molecular complexity index is 586. The van der Waals surface area contributed by atoms with E-state index in [4.69, 9.17) is 9.47 Å². The monoisotopic (exact) mass is 350 g/mol. The van der Waals surface area contributed by atoms with E-state index in [0.29, 0.717) is 30.1 Å². The average molecular weight is 350 g/mol. The molecule has 2 nitrogen and oxygen atoms in total. The molecule has 0 aromatic heterocycles. The van der Waals surface area contributed by atoms with E-state index in [1.165, 1.54) is 0 Å². The van der Waals surface area contributed by atoms with Crippen LogP contribution < -0.4 is 4.74 Å². The summed E-state index contributed by atoms with van der Waals surface area (Å²) >= 11 is 0. The molecule has 0 amide bonds. The van der Waals surface area contributed by atoms with E-state index < -0.39 is 11.6 Å². The highest BCUT2D eigenvalue weighted by Crippen LogP contribution is 2.41. The van der Waals surface area contributed by atoms with Crippen molar-refractivity contribution in [3.8, 4) is 5.75 Å². The van der Waals surface area contributed by atoms with Gasteiger partial charge in [-0.05, 0) is 68.9 Å². The zero-order valence-corrected chi connectivity index (χ0v) is 15.0. The van der Waals surface area contributed by atoms with Gasteiger partial charge in [0, 0.05) is 5.92 Å². The minimum absolute atomic E-state index is 0.00446. The molecule has 3 rings (SSSR count). The third-order valence-corrected chi connectivity index (χ3v) is 5.79. The smallest absolute Gasteiger partial charge is 0.200 e. The predicted octanol–water partition coefficient (Wildman–Crippen LogP) is 5.62. The Kier molecular flexibility index (Phi) is 6.10. The second kappa shape index (κ2) is 8.31. The Hall–Kier alpha value is -1.42. The molecule has 1 heterocycles. The molecule has 4 heteroatoms. The number of halogens is 2. The van der Waals surface area contributed by atoms with E-state index in [1.807, 2.05) is 6.08 Å². The van der Waals surface area contributed by atoms with Crippen LogP contribution in [0.15, 0.2) is 24.8 Å². The van der Waals surface area contributed by atoms with Crippen LogP contribution in [-0.2, 0) is 4.74 Å². The van der Waals surface area contributed by atoms with Crippen LogP contribution in [0.1, 0.15) is 56.9 Å². The SMILES string of the molecule is C=CC1CCC(C2CCC(c3ccc(OCC)c(F)c3F)CC2)OC1. The van der Waals surface area contributed by atoms with Gasteiger partial charge in [0.25, 0.3) is 0 Å². The summed E-state index contributed by atoms with van der Waals surface area (Å²) in [5, 5.41) is 0. The van der Waals surface area contributed by atoms with Crippen LogP contribution in [0.3, 0.4) is 0 Å². The van der Waals surface area contributed by atoms with E-state index in [9.17, 15) is 8.78 Å². The van der Waals surface area contributed by atoms with Gasteiger partial charge in [0.05, 0.1) is 19.3 Å². The Morgan fingerprint density at radius 2 is 1.88 bits per heavy atom. The fraction of sp³-hybridized carbons (Fsp3) is 0.619. The summed E-state index contributed by atoms with van der Waals surface area (Å²) in [6.07, 6.45) is 8.34. The molecule has 1 aliphatic heterocycles. The summed E-state index contributed by atoms with van der Waals surface area (Å²) in [4.78, 5) is 0. The maximum atomic E-state index is 14.4. The normalized spacial score (nSPS) is 30.0. The predicted molar refractivity (Wildman–Crippen MR) is 94.9 cm³/mol. The van der Waals surface area contributed by atoms with Crippen LogP contribution in [0.5, 0.6) is 5.75 Å². The largest absolute Gasteiger partial charge is 0.491 e. The molecular formula is C21H28F2O2. The second-order valence-corrected chi connectivity index (χ2v) is 7.27. The van der Waals surface area contributed by atoms with Crippen molar-refractivity contribution < 1.29 is 18.3 Å². The van der Waals surface area contributed by atoms with Crippen LogP contribution >= 0.6 is 0 Å². The minimum atomic E-state index is -0.854. The van der Waals surface area contributed by atoms with Crippen LogP contribution in [0.25, 0.3) is 0 Å². The Balaban J connectivity index is 1.59. The van der Waals surface area contributed by atoms with Gasteiger partial charge < -0.3 is 9.47 Å². The Labute approximate surface area is 149 Å². The number of rotatable bonds is 5. The van der Waals surface area contributed by atoms with Gasteiger partial charge in [0.2, 0.25) is 5.82 Å². The van der Waals surface area contributed by atoms with Crippen molar-refractivity contribution in [2.75, 3.05) is 13.2 Å². The summed E-state index contributed by atoms with van der Waals surface area (Å²) < 4.78 is 39.7. The van der Waals surface area contributed by atoms with E-state index in [2.05, 4.69) is 6.58 Å². The summed E-state index contributed by atoms with van der Waals surface area (Å²) in [5.74, 6) is -0.480. The van der Waals surface area contributed by atoms with Gasteiger partial charge in [-0.25, -0.2) is 4.39 Å². The molecule has 0 spiro atoms. The third-order valence-electron chi connectivity index (χ3n) is 5.79. The maximum Gasteiger partial charge on any atom is 0.200 e. The average Bonchev–Trinajstić information content (AvgIpc) is 2.66. The molecule has 0 radical (unpaired) electrons. The van der Waals surface area contributed by atoms with Gasteiger partial charge in [-0.1, -0.05) is 12.1 Å². The van der Waals surface area contributed by atoms with E-state index in [-0.39, 0.29) is 11.7 Å². The third kappa shape index (κ3) is 4.05. The number of hydrogen-bond acceptors (Lipinski definition) is 2. The minimum Gasteiger partial charge on any atom is -0.491 e. The van der Waals surface area contributed by atoms with Crippen LogP contribution in [-0.4, -0.2) is 19.3 Å². The van der Waals surface area contributed by atoms with E-state index in [0.717, 1.165) is 45.1 Å². The number of hydrogen-bond donors (Lipinski definition) is 0. The van der Waals surface area contributed by atoms with Gasteiger partial charge >= 0.3 is 0 Å². The van der Waals surface area contributed by atoms with Crippen molar-refractivity contribution in [3.63, 3.8) is 0 Å². The molecule has 1 aromatic carbocycles. The molecule has 0 bridgehead atoms. The lowest BCUT2D eigenvalue weighted by atomic mass is 9.75. The molecule has 138 valence electrons. The highest BCUT2D eigenvalue weighted by atomic mass is 19.2. The van der Waals surface area contributed by atoms with Crippen molar-refractivity contribution in [1.29, 1.82) is 0 Å². The van der Waals surface area contributed by atoms with E-state index in [1.54, 1.807) is 19.1 Å². The topological polar surface area (TPSA) is 18.5 Å². The van der Waals surface area contributed by atoms with Crippen LogP contribution in [0.2, 0.25) is 0 Å². The van der Waals surface area contributed by atoms with Gasteiger partial charge in [-0.2, -0.15) is 4.39 Å². The number of ether oxygens (including phenoxy) is 2. The van der Waals surface area contributed by atoms with Crippen molar-refractivity contribution in [1.82, 2.24) is 0 Å². The van der Waals surface area contributed by atoms with Crippen molar-refractivity contribution in [2.24, 2.45) is 11.8 Å². The van der Waals surface area contributed by atoms with Crippen molar-refractivity contribution in [3.05, 3.63) is 42.0 Å². The first-order valence-corrected chi connectivity index (χ1v) is 9.48. The Morgan fingerprint density at radius 3 is 2.48 bits per heavy atom. The first-order chi connectivity index (χ1) is 12.1. The molecule has 0 N–H and O–H groups in total. The summed E-state index contributed by atoms with van der Waals surface area (Å²) in [7, 11) is 0.